The van der Waals surface area contributed by atoms with Crippen molar-refractivity contribution in [2.24, 2.45) is 14.1 Å². The van der Waals surface area contributed by atoms with Crippen molar-refractivity contribution in [2.45, 2.75) is 10.3 Å². The standard InChI is InChI=1S/C8H12N8S2/c1-15-11-7(9-13-15)17-5-3-4-6-18-8-10-14-16(2)12-8/h3-4H,5-6H2,1-2H3/b4-3+. The van der Waals surface area contributed by atoms with E-state index in [1.165, 1.54) is 9.59 Å². The molecule has 0 fully saturated rings. The highest BCUT2D eigenvalue weighted by Gasteiger charge is 1.99. The smallest absolute Gasteiger partial charge is 0.166 e. The van der Waals surface area contributed by atoms with Crippen LogP contribution in [0.1, 0.15) is 0 Å². The van der Waals surface area contributed by atoms with Crippen molar-refractivity contribution < 1.29 is 0 Å². The largest absolute Gasteiger partial charge is 0.231 e. The Morgan fingerprint density at radius 3 is 1.67 bits per heavy atom. The molecule has 0 aliphatic heterocycles. The van der Waals surface area contributed by atoms with Gasteiger partial charge in [-0.2, -0.15) is 9.59 Å². The normalized spacial score (nSPS) is 11.4. The minimum Gasteiger partial charge on any atom is -0.166 e. The molecule has 10 heteroatoms. The summed E-state index contributed by atoms with van der Waals surface area (Å²) in [4.78, 5) is 2.89. The van der Waals surface area contributed by atoms with Gasteiger partial charge >= 0.3 is 0 Å². The first-order valence-corrected chi connectivity index (χ1v) is 7.10. The molecule has 0 bridgehead atoms. The quantitative estimate of drug-likeness (QED) is 0.548. The van der Waals surface area contributed by atoms with Crippen LogP contribution in [0.2, 0.25) is 0 Å². The molecule has 8 nitrogen and oxygen atoms in total. The van der Waals surface area contributed by atoms with Gasteiger partial charge in [0, 0.05) is 11.5 Å². The first kappa shape index (κ1) is 13.0. The number of aromatic nitrogens is 8. The first-order chi connectivity index (χ1) is 8.74. The lowest BCUT2D eigenvalue weighted by atomic mass is 10.6. The van der Waals surface area contributed by atoms with Crippen LogP contribution in [0.5, 0.6) is 0 Å². The third-order valence-corrected chi connectivity index (χ3v) is 3.33. The number of hydrogen-bond donors (Lipinski definition) is 0. The summed E-state index contributed by atoms with van der Waals surface area (Å²) in [5.41, 5.74) is 0. The molecule has 2 rings (SSSR count). The van der Waals surface area contributed by atoms with E-state index >= 15 is 0 Å². The zero-order chi connectivity index (χ0) is 12.8. The molecule has 2 aromatic heterocycles. The van der Waals surface area contributed by atoms with Gasteiger partial charge in [0.05, 0.1) is 14.1 Å². The van der Waals surface area contributed by atoms with Crippen LogP contribution >= 0.6 is 23.5 Å². The van der Waals surface area contributed by atoms with E-state index in [0.29, 0.717) is 10.3 Å². The van der Waals surface area contributed by atoms with Gasteiger partial charge in [-0.1, -0.05) is 35.7 Å². The maximum absolute atomic E-state index is 4.07. The summed E-state index contributed by atoms with van der Waals surface area (Å²) < 4.78 is 0. The minimum absolute atomic E-state index is 0.686. The van der Waals surface area contributed by atoms with Crippen LogP contribution in [0.25, 0.3) is 0 Å². The molecule has 0 aliphatic carbocycles. The molecule has 0 unspecified atom stereocenters. The highest BCUT2D eigenvalue weighted by Crippen LogP contribution is 2.12. The zero-order valence-corrected chi connectivity index (χ0v) is 11.6. The molecular weight excluding hydrogens is 272 g/mol. The second-order valence-corrected chi connectivity index (χ2v) is 5.19. The third kappa shape index (κ3) is 4.11. The summed E-state index contributed by atoms with van der Waals surface area (Å²) in [6, 6.07) is 0. The van der Waals surface area contributed by atoms with Gasteiger partial charge in [0.2, 0.25) is 10.3 Å². The van der Waals surface area contributed by atoms with Crippen molar-refractivity contribution in [3.63, 3.8) is 0 Å². The van der Waals surface area contributed by atoms with E-state index < -0.39 is 0 Å². The van der Waals surface area contributed by atoms with Crippen molar-refractivity contribution in [3.05, 3.63) is 12.2 Å². The Morgan fingerprint density at radius 1 is 0.889 bits per heavy atom. The number of hydrogen-bond acceptors (Lipinski definition) is 8. The Hall–Kier alpha value is -1.42. The van der Waals surface area contributed by atoms with Crippen molar-refractivity contribution in [3.8, 4) is 0 Å². The van der Waals surface area contributed by atoms with Gasteiger partial charge in [-0.15, -0.1) is 20.4 Å². The van der Waals surface area contributed by atoms with Crippen LogP contribution in [0, 0.1) is 0 Å². The summed E-state index contributed by atoms with van der Waals surface area (Å²) in [6.45, 7) is 0. The van der Waals surface area contributed by atoms with E-state index in [0.717, 1.165) is 11.5 Å². The van der Waals surface area contributed by atoms with Crippen molar-refractivity contribution in [1.29, 1.82) is 0 Å². The molecule has 0 N–H and O–H groups in total. The lowest BCUT2D eigenvalue weighted by Gasteiger charge is -1.89. The van der Waals surface area contributed by atoms with E-state index in [2.05, 4.69) is 43.0 Å². The van der Waals surface area contributed by atoms with E-state index in [1.54, 1.807) is 37.6 Å². The van der Waals surface area contributed by atoms with Crippen LogP contribution < -0.4 is 0 Å². The fourth-order valence-corrected chi connectivity index (χ4v) is 2.33. The summed E-state index contributed by atoms with van der Waals surface area (Å²) >= 11 is 3.08. The maximum atomic E-state index is 4.07. The van der Waals surface area contributed by atoms with Crippen LogP contribution in [0.4, 0.5) is 0 Å². The monoisotopic (exact) mass is 284 g/mol. The Labute approximate surface area is 112 Å². The SMILES string of the molecule is Cn1nnc(SC/C=C/CSc2nnn(C)n2)n1. The molecule has 0 amide bonds. The van der Waals surface area contributed by atoms with Crippen LogP contribution in [-0.4, -0.2) is 51.9 Å². The number of rotatable bonds is 6. The van der Waals surface area contributed by atoms with Gasteiger partial charge in [-0.05, 0) is 10.4 Å². The van der Waals surface area contributed by atoms with Gasteiger partial charge in [0.15, 0.2) is 0 Å². The van der Waals surface area contributed by atoms with Crippen molar-refractivity contribution in [1.82, 2.24) is 40.4 Å². The number of tetrazole rings is 2. The summed E-state index contributed by atoms with van der Waals surface area (Å²) in [5, 5.41) is 24.8. The molecule has 2 heterocycles. The Morgan fingerprint density at radius 2 is 1.33 bits per heavy atom. The van der Waals surface area contributed by atoms with Crippen LogP contribution in [0.3, 0.4) is 0 Å². The van der Waals surface area contributed by atoms with Crippen molar-refractivity contribution >= 4 is 23.5 Å². The number of nitrogens with zero attached hydrogens (tertiary/aromatic N) is 8. The average Bonchev–Trinajstić information content (AvgIpc) is 2.93. The summed E-state index contributed by atoms with van der Waals surface area (Å²) in [5.74, 6) is 1.64. The van der Waals surface area contributed by atoms with E-state index in [1.807, 2.05) is 0 Å². The molecule has 96 valence electrons. The minimum atomic E-state index is 0.686. The maximum Gasteiger partial charge on any atom is 0.231 e. The summed E-state index contributed by atoms with van der Waals surface area (Å²) in [7, 11) is 3.49. The lowest BCUT2D eigenvalue weighted by Crippen LogP contribution is -1.91. The zero-order valence-electron chi connectivity index (χ0n) is 9.96. The first-order valence-electron chi connectivity index (χ1n) is 5.12. The van der Waals surface area contributed by atoms with E-state index in [4.69, 9.17) is 0 Å². The van der Waals surface area contributed by atoms with E-state index in [9.17, 15) is 0 Å². The molecule has 2 aromatic rings. The molecule has 0 aromatic carbocycles. The average molecular weight is 284 g/mol. The molecule has 0 aliphatic rings. The second kappa shape index (κ2) is 6.50. The van der Waals surface area contributed by atoms with Gasteiger partial charge in [-0.3, -0.25) is 0 Å². The van der Waals surface area contributed by atoms with Crippen LogP contribution in [0.15, 0.2) is 22.5 Å². The summed E-state index contributed by atoms with van der Waals surface area (Å²) in [6.07, 6.45) is 4.12. The molecule has 0 saturated heterocycles. The molecule has 18 heavy (non-hydrogen) atoms. The third-order valence-electron chi connectivity index (χ3n) is 1.76. The van der Waals surface area contributed by atoms with Gasteiger partial charge in [0.1, 0.15) is 0 Å². The fourth-order valence-electron chi connectivity index (χ4n) is 1.03. The highest BCUT2D eigenvalue weighted by molar-refractivity contribution is 7.99. The molecule has 0 saturated carbocycles. The van der Waals surface area contributed by atoms with Crippen molar-refractivity contribution in [2.75, 3.05) is 11.5 Å². The predicted molar refractivity (Wildman–Crippen MR) is 68.2 cm³/mol. The molecule has 0 atom stereocenters. The van der Waals surface area contributed by atoms with Gasteiger partial charge in [-0.25, -0.2) is 0 Å². The Bertz CT molecular complexity index is 472. The van der Waals surface area contributed by atoms with Gasteiger partial charge < -0.3 is 0 Å². The topological polar surface area (TPSA) is 87.2 Å². The van der Waals surface area contributed by atoms with Crippen LogP contribution in [-0.2, 0) is 14.1 Å². The van der Waals surface area contributed by atoms with Gasteiger partial charge in [0.25, 0.3) is 0 Å². The molecular formula is C8H12N8S2. The highest BCUT2D eigenvalue weighted by atomic mass is 32.2. The molecule has 0 radical (unpaired) electrons. The fraction of sp³-hybridized carbons (Fsp3) is 0.500. The molecule has 0 spiro atoms. The Balaban J connectivity index is 1.63. The Kier molecular flexibility index (Phi) is 4.70. The predicted octanol–water partition coefficient (Wildman–Crippen LogP) is 0.174. The lowest BCUT2D eigenvalue weighted by molar-refractivity contribution is 0.626. The number of thioether (sulfide) groups is 2. The number of aryl methyl sites for hydroxylation is 2. The van der Waals surface area contributed by atoms with E-state index in [-0.39, 0.29) is 0 Å². The second-order valence-electron chi connectivity index (χ2n) is 3.22.